The SMILES string of the molecule is Fc1ccccc1-c1noc(CNCC2CC2)n1. The van der Waals surface area contributed by atoms with Gasteiger partial charge in [-0.25, -0.2) is 4.39 Å². The van der Waals surface area contributed by atoms with Crippen molar-refractivity contribution in [3.8, 4) is 11.4 Å². The van der Waals surface area contributed by atoms with Gasteiger partial charge in [0.2, 0.25) is 11.7 Å². The molecule has 1 N–H and O–H groups in total. The lowest BCUT2D eigenvalue weighted by atomic mass is 10.2. The second-order valence-electron chi connectivity index (χ2n) is 4.57. The minimum Gasteiger partial charge on any atom is -0.338 e. The monoisotopic (exact) mass is 247 g/mol. The molecule has 0 saturated heterocycles. The first kappa shape index (κ1) is 11.3. The van der Waals surface area contributed by atoms with E-state index in [1.54, 1.807) is 18.2 Å². The molecule has 0 radical (unpaired) electrons. The highest BCUT2D eigenvalue weighted by atomic mass is 19.1. The quantitative estimate of drug-likeness (QED) is 0.881. The van der Waals surface area contributed by atoms with Crippen LogP contribution >= 0.6 is 0 Å². The van der Waals surface area contributed by atoms with Crippen LogP contribution in [0.5, 0.6) is 0 Å². The van der Waals surface area contributed by atoms with Gasteiger partial charge in [0.1, 0.15) is 5.82 Å². The lowest BCUT2D eigenvalue weighted by molar-refractivity contribution is 0.366. The molecule has 0 aliphatic heterocycles. The fourth-order valence-electron chi connectivity index (χ4n) is 1.78. The maximum atomic E-state index is 13.5. The number of halogens is 1. The first-order valence-corrected chi connectivity index (χ1v) is 6.11. The zero-order valence-corrected chi connectivity index (χ0v) is 9.90. The molecular formula is C13H14FN3O. The molecule has 1 saturated carbocycles. The molecule has 0 atom stereocenters. The zero-order chi connectivity index (χ0) is 12.4. The predicted octanol–water partition coefficient (Wildman–Crippen LogP) is 2.38. The fraction of sp³-hybridized carbons (Fsp3) is 0.385. The van der Waals surface area contributed by atoms with Gasteiger partial charge in [0.05, 0.1) is 12.1 Å². The predicted molar refractivity (Wildman–Crippen MR) is 64.1 cm³/mol. The van der Waals surface area contributed by atoms with Gasteiger partial charge in [-0.2, -0.15) is 4.98 Å². The van der Waals surface area contributed by atoms with Crippen molar-refractivity contribution in [2.75, 3.05) is 6.54 Å². The van der Waals surface area contributed by atoms with Crippen molar-refractivity contribution in [2.24, 2.45) is 5.92 Å². The maximum absolute atomic E-state index is 13.5. The molecule has 0 unspecified atom stereocenters. The average molecular weight is 247 g/mol. The van der Waals surface area contributed by atoms with Crippen molar-refractivity contribution >= 4 is 0 Å². The van der Waals surface area contributed by atoms with E-state index in [-0.39, 0.29) is 5.82 Å². The number of hydrogen-bond donors (Lipinski definition) is 1. The molecule has 1 aromatic heterocycles. The summed E-state index contributed by atoms with van der Waals surface area (Å²) in [5, 5.41) is 7.05. The lowest BCUT2D eigenvalue weighted by Gasteiger charge is -1.97. The highest BCUT2D eigenvalue weighted by Crippen LogP contribution is 2.27. The van der Waals surface area contributed by atoms with Crippen LogP contribution in [0.15, 0.2) is 28.8 Å². The lowest BCUT2D eigenvalue weighted by Crippen LogP contribution is -2.16. The molecule has 3 rings (SSSR count). The van der Waals surface area contributed by atoms with E-state index in [2.05, 4.69) is 15.5 Å². The van der Waals surface area contributed by atoms with Crippen LogP contribution in [-0.4, -0.2) is 16.7 Å². The summed E-state index contributed by atoms with van der Waals surface area (Å²) in [5.41, 5.74) is 0.370. The van der Waals surface area contributed by atoms with E-state index in [9.17, 15) is 4.39 Å². The molecule has 94 valence electrons. The van der Waals surface area contributed by atoms with Crippen LogP contribution in [0.1, 0.15) is 18.7 Å². The third-order valence-corrected chi connectivity index (χ3v) is 2.99. The van der Waals surface area contributed by atoms with Gasteiger partial charge in [0.15, 0.2) is 0 Å². The number of aromatic nitrogens is 2. The number of rotatable bonds is 5. The molecule has 5 heteroatoms. The summed E-state index contributed by atoms with van der Waals surface area (Å²) in [5.74, 6) is 1.26. The normalized spacial score (nSPS) is 14.9. The second-order valence-corrected chi connectivity index (χ2v) is 4.57. The van der Waals surface area contributed by atoms with Gasteiger partial charge in [-0.15, -0.1) is 0 Å². The minimum atomic E-state index is -0.337. The standard InChI is InChI=1S/C13H14FN3O/c14-11-4-2-1-3-10(11)13-16-12(18-17-13)8-15-7-9-5-6-9/h1-4,9,15H,5-8H2. The number of hydrogen-bond acceptors (Lipinski definition) is 4. The summed E-state index contributed by atoms with van der Waals surface area (Å²) in [4.78, 5) is 4.18. The Morgan fingerprint density at radius 2 is 2.17 bits per heavy atom. The summed E-state index contributed by atoms with van der Waals surface area (Å²) >= 11 is 0. The number of benzene rings is 1. The van der Waals surface area contributed by atoms with Crippen molar-refractivity contribution in [1.82, 2.24) is 15.5 Å². The molecule has 0 amide bonds. The van der Waals surface area contributed by atoms with Crippen LogP contribution < -0.4 is 5.32 Å². The Labute approximate surface area is 104 Å². The topological polar surface area (TPSA) is 51.0 Å². The van der Waals surface area contributed by atoms with Gasteiger partial charge in [0, 0.05) is 0 Å². The molecule has 1 aromatic carbocycles. The summed E-state index contributed by atoms with van der Waals surface area (Å²) in [6, 6.07) is 6.41. The van der Waals surface area contributed by atoms with E-state index in [4.69, 9.17) is 4.52 Å². The van der Waals surface area contributed by atoms with Gasteiger partial charge < -0.3 is 9.84 Å². The largest absolute Gasteiger partial charge is 0.338 e. The first-order valence-electron chi connectivity index (χ1n) is 6.11. The van der Waals surface area contributed by atoms with Crippen LogP contribution in [0.4, 0.5) is 4.39 Å². The fourth-order valence-corrected chi connectivity index (χ4v) is 1.78. The zero-order valence-electron chi connectivity index (χ0n) is 9.90. The molecule has 4 nitrogen and oxygen atoms in total. The molecule has 2 aromatic rings. The van der Waals surface area contributed by atoms with Crippen molar-refractivity contribution in [3.05, 3.63) is 36.0 Å². The smallest absolute Gasteiger partial charge is 0.240 e. The van der Waals surface area contributed by atoms with E-state index in [1.807, 2.05) is 0 Å². The van der Waals surface area contributed by atoms with E-state index in [0.29, 0.717) is 23.8 Å². The van der Waals surface area contributed by atoms with Gasteiger partial charge in [-0.05, 0) is 37.4 Å². The Bertz CT molecular complexity index is 537. The molecule has 1 fully saturated rings. The van der Waals surface area contributed by atoms with E-state index >= 15 is 0 Å². The molecule has 1 aliphatic rings. The van der Waals surface area contributed by atoms with Gasteiger partial charge in [0.25, 0.3) is 0 Å². The van der Waals surface area contributed by atoms with Gasteiger partial charge in [-0.3, -0.25) is 0 Å². The summed E-state index contributed by atoms with van der Waals surface area (Å²) in [6.45, 7) is 1.52. The van der Waals surface area contributed by atoms with E-state index in [0.717, 1.165) is 12.5 Å². The maximum Gasteiger partial charge on any atom is 0.240 e. The summed E-state index contributed by atoms with van der Waals surface area (Å²) < 4.78 is 18.6. The van der Waals surface area contributed by atoms with Crippen molar-refractivity contribution < 1.29 is 8.91 Å². The molecule has 1 heterocycles. The van der Waals surface area contributed by atoms with Gasteiger partial charge >= 0.3 is 0 Å². The summed E-state index contributed by atoms with van der Waals surface area (Å²) in [7, 11) is 0. The van der Waals surface area contributed by atoms with Crippen molar-refractivity contribution in [1.29, 1.82) is 0 Å². The molecular weight excluding hydrogens is 233 g/mol. The third kappa shape index (κ3) is 2.56. The Kier molecular flexibility index (Phi) is 3.06. The average Bonchev–Trinajstić information content (AvgIpc) is 3.08. The van der Waals surface area contributed by atoms with Crippen molar-refractivity contribution in [2.45, 2.75) is 19.4 Å². The Hall–Kier alpha value is -1.75. The van der Waals surface area contributed by atoms with Crippen LogP contribution in [0.2, 0.25) is 0 Å². The highest BCUT2D eigenvalue weighted by Gasteiger charge is 2.20. The van der Waals surface area contributed by atoms with E-state index in [1.165, 1.54) is 18.9 Å². The van der Waals surface area contributed by atoms with Crippen molar-refractivity contribution in [3.63, 3.8) is 0 Å². The Morgan fingerprint density at radius 1 is 1.33 bits per heavy atom. The van der Waals surface area contributed by atoms with E-state index < -0.39 is 0 Å². The first-order chi connectivity index (χ1) is 8.83. The minimum absolute atomic E-state index is 0.302. The Morgan fingerprint density at radius 3 is 2.94 bits per heavy atom. The van der Waals surface area contributed by atoms with Crippen LogP contribution in [0.3, 0.4) is 0 Å². The molecule has 0 spiro atoms. The molecule has 18 heavy (non-hydrogen) atoms. The molecule has 1 aliphatic carbocycles. The third-order valence-electron chi connectivity index (χ3n) is 2.99. The second kappa shape index (κ2) is 4.86. The summed E-state index contributed by atoms with van der Waals surface area (Å²) in [6.07, 6.45) is 2.61. The van der Waals surface area contributed by atoms with Gasteiger partial charge in [-0.1, -0.05) is 17.3 Å². The Balaban J connectivity index is 1.66. The van der Waals surface area contributed by atoms with Crippen LogP contribution in [-0.2, 0) is 6.54 Å². The van der Waals surface area contributed by atoms with Crippen LogP contribution in [0, 0.1) is 11.7 Å². The molecule has 0 bridgehead atoms. The number of nitrogens with one attached hydrogen (secondary N) is 1. The van der Waals surface area contributed by atoms with Crippen LogP contribution in [0.25, 0.3) is 11.4 Å². The highest BCUT2D eigenvalue weighted by molar-refractivity contribution is 5.54. The number of nitrogens with zero attached hydrogens (tertiary/aromatic N) is 2.